The zero-order valence-corrected chi connectivity index (χ0v) is 18.7. The predicted octanol–water partition coefficient (Wildman–Crippen LogP) is 4.85. The molecule has 7 nitrogen and oxygen atoms in total. The van der Waals surface area contributed by atoms with Gasteiger partial charge < -0.3 is 14.9 Å². The second kappa shape index (κ2) is 8.96. The lowest BCUT2D eigenvalue weighted by Crippen LogP contribution is -2.29. The molecule has 33 heavy (non-hydrogen) atoms. The summed E-state index contributed by atoms with van der Waals surface area (Å²) in [5.41, 5.74) is 0.758. The van der Waals surface area contributed by atoms with Gasteiger partial charge in [-0.05, 0) is 67.9 Å². The number of phenolic OH excluding ortho intramolecular Hbond substituents is 1. The van der Waals surface area contributed by atoms with E-state index in [1.54, 1.807) is 42.6 Å². The number of aromatic hydroxyl groups is 1. The van der Waals surface area contributed by atoms with E-state index in [1.165, 1.54) is 24.4 Å². The first-order chi connectivity index (χ1) is 15.8. The van der Waals surface area contributed by atoms with Crippen molar-refractivity contribution in [2.75, 3.05) is 4.90 Å². The molecule has 3 aromatic rings. The predicted molar refractivity (Wildman–Crippen MR) is 124 cm³/mol. The van der Waals surface area contributed by atoms with Crippen LogP contribution in [0.4, 0.5) is 5.69 Å². The number of rotatable bonds is 5. The summed E-state index contributed by atoms with van der Waals surface area (Å²) in [6.45, 7) is 3.79. The van der Waals surface area contributed by atoms with Gasteiger partial charge in [0.15, 0.2) is 0 Å². The third kappa shape index (κ3) is 4.27. The van der Waals surface area contributed by atoms with Gasteiger partial charge in [-0.1, -0.05) is 17.7 Å². The zero-order valence-electron chi connectivity index (χ0n) is 17.9. The molecule has 1 aliphatic rings. The third-order valence-electron chi connectivity index (χ3n) is 5.14. The number of benzene rings is 2. The van der Waals surface area contributed by atoms with Crippen LogP contribution in [0.25, 0.3) is 5.76 Å². The molecule has 1 amide bonds. The Balaban J connectivity index is 1.88. The SMILES string of the molecule is CC(C)Oc1ccc(/C(O)=C2\C(=O)C(=O)N(c3cc(Cl)ccc3O)C2c2cccnc2)cc1. The molecule has 0 aliphatic carbocycles. The van der Waals surface area contributed by atoms with E-state index in [9.17, 15) is 19.8 Å². The average Bonchev–Trinajstić information content (AvgIpc) is 3.06. The van der Waals surface area contributed by atoms with Gasteiger partial charge in [0.05, 0.1) is 23.4 Å². The molecular weight excluding hydrogens is 444 g/mol. The summed E-state index contributed by atoms with van der Waals surface area (Å²) in [6.07, 6.45) is 3.03. The Morgan fingerprint density at radius 2 is 1.85 bits per heavy atom. The topological polar surface area (TPSA) is 100.0 Å². The molecule has 2 aromatic carbocycles. The van der Waals surface area contributed by atoms with Crippen molar-refractivity contribution in [3.63, 3.8) is 0 Å². The molecule has 1 aliphatic heterocycles. The average molecular weight is 465 g/mol. The van der Waals surface area contributed by atoms with Crippen LogP contribution >= 0.6 is 11.6 Å². The monoisotopic (exact) mass is 464 g/mol. The summed E-state index contributed by atoms with van der Waals surface area (Å²) in [5, 5.41) is 21.8. The Labute approximate surface area is 195 Å². The number of aliphatic hydroxyl groups is 1. The fourth-order valence-corrected chi connectivity index (χ4v) is 3.91. The maximum atomic E-state index is 13.1. The molecule has 2 N–H and O–H groups in total. The molecule has 0 bridgehead atoms. The van der Waals surface area contributed by atoms with Gasteiger partial charge in [-0.2, -0.15) is 0 Å². The van der Waals surface area contributed by atoms with Crippen molar-refractivity contribution in [2.45, 2.75) is 26.0 Å². The summed E-state index contributed by atoms with van der Waals surface area (Å²) in [6, 6.07) is 13.1. The molecule has 0 saturated carbocycles. The first-order valence-corrected chi connectivity index (χ1v) is 10.6. The van der Waals surface area contributed by atoms with E-state index < -0.39 is 17.7 Å². The number of phenols is 1. The number of hydrogen-bond acceptors (Lipinski definition) is 6. The Morgan fingerprint density at radius 1 is 1.12 bits per heavy atom. The van der Waals surface area contributed by atoms with Crippen LogP contribution in [0.2, 0.25) is 5.02 Å². The number of aliphatic hydroxyl groups excluding tert-OH is 1. The number of anilines is 1. The fourth-order valence-electron chi connectivity index (χ4n) is 3.74. The molecular formula is C25H21ClN2O5. The molecule has 1 fully saturated rings. The molecule has 0 spiro atoms. The van der Waals surface area contributed by atoms with Crippen LogP contribution in [0, 0.1) is 0 Å². The van der Waals surface area contributed by atoms with E-state index in [-0.39, 0.29) is 33.9 Å². The fraction of sp³-hybridized carbons (Fsp3) is 0.160. The van der Waals surface area contributed by atoms with E-state index >= 15 is 0 Å². The number of carbonyl (C=O) groups excluding carboxylic acids is 2. The van der Waals surface area contributed by atoms with Crippen LogP contribution in [-0.2, 0) is 9.59 Å². The van der Waals surface area contributed by atoms with Crippen LogP contribution < -0.4 is 9.64 Å². The van der Waals surface area contributed by atoms with Gasteiger partial charge in [0.2, 0.25) is 0 Å². The van der Waals surface area contributed by atoms with Crippen LogP contribution in [0.1, 0.15) is 31.0 Å². The van der Waals surface area contributed by atoms with E-state index in [0.29, 0.717) is 16.9 Å². The van der Waals surface area contributed by atoms with Crippen molar-refractivity contribution < 1.29 is 24.5 Å². The highest BCUT2D eigenvalue weighted by Crippen LogP contribution is 2.45. The second-order valence-corrected chi connectivity index (χ2v) is 8.22. The van der Waals surface area contributed by atoms with Crippen LogP contribution in [-0.4, -0.2) is 33.0 Å². The van der Waals surface area contributed by atoms with Gasteiger partial charge in [0.25, 0.3) is 11.7 Å². The molecule has 1 unspecified atom stereocenters. The number of ether oxygens (including phenoxy) is 1. The summed E-state index contributed by atoms with van der Waals surface area (Å²) >= 11 is 6.10. The normalized spacial score (nSPS) is 17.6. The maximum Gasteiger partial charge on any atom is 0.300 e. The van der Waals surface area contributed by atoms with Crippen LogP contribution in [0.15, 0.2) is 72.6 Å². The van der Waals surface area contributed by atoms with Crippen molar-refractivity contribution in [3.05, 3.63) is 88.7 Å². The van der Waals surface area contributed by atoms with Gasteiger partial charge in [0, 0.05) is 23.0 Å². The smallest absolute Gasteiger partial charge is 0.300 e. The highest BCUT2D eigenvalue weighted by atomic mass is 35.5. The number of nitrogens with zero attached hydrogens (tertiary/aromatic N) is 2. The molecule has 1 aromatic heterocycles. The van der Waals surface area contributed by atoms with Crippen molar-refractivity contribution in [2.24, 2.45) is 0 Å². The van der Waals surface area contributed by atoms with E-state index in [2.05, 4.69) is 4.98 Å². The highest BCUT2D eigenvalue weighted by molar-refractivity contribution is 6.52. The number of aromatic nitrogens is 1. The van der Waals surface area contributed by atoms with Crippen molar-refractivity contribution in [1.82, 2.24) is 4.98 Å². The Kier molecular flexibility index (Phi) is 6.07. The molecule has 8 heteroatoms. The minimum Gasteiger partial charge on any atom is -0.507 e. The zero-order chi connectivity index (χ0) is 23.7. The van der Waals surface area contributed by atoms with Crippen LogP contribution in [0.3, 0.4) is 0 Å². The van der Waals surface area contributed by atoms with Crippen molar-refractivity contribution in [3.8, 4) is 11.5 Å². The second-order valence-electron chi connectivity index (χ2n) is 7.78. The summed E-state index contributed by atoms with van der Waals surface area (Å²) in [5.74, 6) is -1.76. The third-order valence-corrected chi connectivity index (χ3v) is 5.38. The molecule has 0 radical (unpaired) electrons. The maximum absolute atomic E-state index is 13.1. The lowest BCUT2D eigenvalue weighted by Gasteiger charge is -2.25. The Hall–Kier alpha value is -3.84. The number of pyridine rings is 1. The van der Waals surface area contributed by atoms with Crippen molar-refractivity contribution >= 4 is 34.7 Å². The standard InChI is InChI=1S/C25H21ClN2O5/c1-14(2)33-18-8-5-15(6-9-18)23(30)21-22(16-4-3-11-27-13-16)28(25(32)24(21)31)19-12-17(26)7-10-20(19)29/h3-14,22,29-30H,1-2H3/b23-21+. The largest absolute Gasteiger partial charge is 0.507 e. The Morgan fingerprint density at radius 3 is 2.48 bits per heavy atom. The Bertz CT molecular complexity index is 1240. The lowest BCUT2D eigenvalue weighted by atomic mass is 9.96. The summed E-state index contributed by atoms with van der Waals surface area (Å²) in [4.78, 5) is 31.5. The number of Topliss-reactive ketones (excluding diaryl/α,β-unsaturated/α-hetero) is 1. The number of ketones is 1. The first-order valence-electron chi connectivity index (χ1n) is 10.2. The minimum atomic E-state index is -1.02. The number of carbonyl (C=O) groups is 2. The van der Waals surface area contributed by atoms with Gasteiger partial charge in [0.1, 0.15) is 17.3 Å². The molecule has 2 heterocycles. The van der Waals surface area contributed by atoms with E-state index in [4.69, 9.17) is 16.3 Å². The summed E-state index contributed by atoms with van der Waals surface area (Å²) in [7, 11) is 0. The first kappa shape index (κ1) is 22.4. The van der Waals surface area contributed by atoms with Gasteiger partial charge in [-0.3, -0.25) is 19.5 Å². The number of hydrogen-bond donors (Lipinski definition) is 2. The van der Waals surface area contributed by atoms with Crippen molar-refractivity contribution in [1.29, 1.82) is 0 Å². The van der Waals surface area contributed by atoms with Gasteiger partial charge >= 0.3 is 0 Å². The molecule has 1 saturated heterocycles. The minimum absolute atomic E-state index is 0.0225. The lowest BCUT2D eigenvalue weighted by molar-refractivity contribution is -0.132. The molecule has 168 valence electrons. The van der Waals surface area contributed by atoms with Crippen LogP contribution in [0.5, 0.6) is 11.5 Å². The number of amides is 1. The molecule has 4 rings (SSSR count). The van der Waals surface area contributed by atoms with Gasteiger partial charge in [-0.25, -0.2) is 0 Å². The highest BCUT2D eigenvalue weighted by Gasteiger charge is 2.47. The molecule has 1 atom stereocenters. The van der Waals surface area contributed by atoms with E-state index in [0.717, 1.165) is 4.90 Å². The van der Waals surface area contributed by atoms with Gasteiger partial charge in [-0.15, -0.1) is 0 Å². The quantitative estimate of drug-likeness (QED) is 0.318. The van der Waals surface area contributed by atoms with E-state index in [1.807, 2.05) is 13.8 Å². The summed E-state index contributed by atoms with van der Waals surface area (Å²) < 4.78 is 5.63. The number of halogens is 1.